The zero-order chi connectivity index (χ0) is 15.2. The molecule has 0 aliphatic carbocycles. The fraction of sp³-hybridized carbons (Fsp3) is 0.562. The predicted octanol–water partition coefficient (Wildman–Crippen LogP) is 3.07. The molecular weight excluding hydrogens is 264 g/mol. The summed E-state index contributed by atoms with van der Waals surface area (Å²) in [6, 6.07) is 2.46. The van der Waals surface area contributed by atoms with Crippen LogP contribution in [-0.4, -0.2) is 27.7 Å². The van der Waals surface area contributed by atoms with Gasteiger partial charge in [-0.15, -0.1) is 0 Å². The SMILES string of the molecule is CCCNC(CC)Cc1nc(-c2ncc(C)cc2C)no1. The molecule has 2 aromatic rings. The minimum atomic E-state index is 0.380. The Morgan fingerprint density at radius 3 is 2.76 bits per heavy atom. The normalized spacial score (nSPS) is 12.6. The Morgan fingerprint density at radius 2 is 2.10 bits per heavy atom. The zero-order valence-corrected chi connectivity index (χ0v) is 13.3. The summed E-state index contributed by atoms with van der Waals surface area (Å²) in [4.78, 5) is 8.90. The van der Waals surface area contributed by atoms with Gasteiger partial charge in [-0.05, 0) is 44.4 Å². The van der Waals surface area contributed by atoms with E-state index in [0.29, 0.717) is 17.8 Å². The molecule has 1 atom stereocenters. The van der Waals surface area contributed by atoms with E-state index in [4.69, 9.17) is 4.52 Å². The molecule has 2 rings (SSSR count). The molecule has 0 spiro atoms. The first kappa shape index (κ1) is 15.6. The molecule has 2 heterocycles. The van der Waals surface area contributed by atoms with Gasteiger partial charge in [0.25, 0.3) is 0 Å². The van der Waals surface area contributed by atoms with E-state index in [0.717, 1.165) is 42.6 Å². The standard InChI is InChI=1S/C16H24N4O/c1-5-7-17-13(6-2)9-14-19-16(20-21-14)15-12(4)8-11(3)10-18-15/h8,10,13,17H,5-7,9H2,1-4H3. The summed E-state index contributed by atoms with van der Waals surface area (Å²) in [6.07, 6.45) is 4.75. The largest absolute Gasteiger partial charge is 0.339 e. The molecule has 0 aromatic carbocycles. The smallest absolute Gasteiger partial charge is 0.228 e. The lowest BCUT2D eigenvalue weighted by molar-refractivity contribution is 0.354. The van der Waals surface area contributed by atoms with Gasteiger partial charge in [-0.3, -0.25) is 4.98 Å². The molecule has 5 nitrogen and oxygen atoms in total. The molecule has 114 valence electrons. The molecule has 0 radical (unpaired) electrons. The van der Waals surface area contributed by atoms with Crippen LogP contribution in [-0.2, 0) is 6.42 Å². The summed E-state index contributed by atoms with van der Waals surface area (Å²) < 4.78 is 5.38. The summed E-state index contributed by atoms with van der Waals surface area (Å²) in [7, 11) is 0. The number of hydrogen-bond donors (Lipinski definition) is 1. The van der Waals surface area contributed by atoms with Crippen LogP contribution in [0.1, 0.15) is 43.7 Å². The Bertz CT molecular complexity index is 579. The Labute approximate surface area is 126 Å². The van der Waals surface area contributed by atoms with Gasteiger partial charge >= 0.3 is 0 Å². The summed E-state index contributed by atoms with van der Waals surface area (Å²) in [5, 5.41) is 7.56. The van der Waals surface area contributed by atoms with Crippen molar-refractivity contribution in [2.75, 3.05) is 6.54 Å². The monoisotopic (exact) mass is 288 g/mol. The van der Waals surface area contributed by atoms with E-state index in [9.17, 15) is 0 Å². The Kier molecular flexibility index (Phi) is 5.44. The number of nitrogens with one attached hydrogen (secondary N) is 1. The molecule has 21 heavy (non-hydrogen) atoms. The third-order valence-corrected chi connectivity index (χ3v) is 3.49. The number of aromatic nitrogens is 3. The summed E-state index contributed by atoms with van der Waals surface area (Å²) in [6.45, 7) is 9.38. The van der Waals surface area contributed by atoms with Crippen molar-refractivity contribution in [3.8, 4) is 11.5 Å². The van der Waals surface area contributed by atoms with Crippen LogP contribution in [0.15, 0.2) is 16.8 Å². The van der Waals surface area contributed by atoms with Gasteiger partial charge in [0, 0.05) is 18.7 Å². The molecular formula is C16H24N4O. The van der Waals surface area contributed by atoms with Crippen LogP contribution in [0.25, 0.3) is 11.5 Å². The average molecular weight is 288 g/mol. The summed E-state index contributed by atoms with van der Waals surface area (Å²) >= 11 is 0. The first-order valence-corrected chi connectivity index (χ1v) is 7.63. The van der Waals surface area contributed by atoms with Gasteiger partial charge in [-0.2, -0.15) is 4.98 Å². The maximum Gasteiger partial charge on any atom is 0.228 e. The maximum absolute atomic E-state index is 5.38. The quantitative estimate of drug-likeness (QED) is 0.848. The van der Waals surface area contributed by atoms with Crippen LogP contribution in [0.5, 0.6) is 0 Å². The molecule has 1 unspecified atom stereocenters. The molecule has 0 bridgehead atoms. The summed E-state index contributed by atoms with van der Waals surface area (Å²) in [5.74, 6) is 1.25. The van der Waals surface area contributed by atoms with E-state index in [1.54, 1.807) is 0 Å². The van der Waals surface area contributed by atoms with Gasteiger partial charge < -0.3 is 9.84 Å². The van der Waals surface area contributed by atoms with Gasteiger partial charge in [0.2, 0.25) is 11.7 Å². The zero-order valence-electron chi connectivity index (χ0n) is 13.3. The Morgan fingerprint density at radius 1 is 1.29 bits per heavy atom. The van der Waals surface area contributed by atoms with Crippen molar-refractivity contribution in [2.45, 2.75) is 53.0 Å². The van der Waals surface area contributed by atoms with E-state index >= 15 is 0 Å². The van der Waals surface area contributed by atoms with Crippen molar-refractivity contribution in [3.63, 3.8) is 0 Å². The second-order valence-electron chi connectivity index (χ2n) is 5.45. The average Bonchev–Trinajstić information content (AvgIpc) is 2.91. The van der Waals surface area contributed by atoms with Crippen molar-refractivity contribution in [1.29, 1.82) is 0 Å². The van der Waals surface area contributed by atoms with Crippen LogP contribution in [0.3, 0.4) is 0 Å². The van der Waals surface area contributed by atoms with E-state index in [2.05, 4.69) is 40.4 Å². The fourth-order valence-electron chi connectivity index (χ4n) is 2.30. The molecule has 0 saturated carbocycles. The van der Waals surface area contributed by atoms with Crippen LogP contribution >= 0.6 is 0 Å². The van der Waals surface area contributed by atoms with Gasteiger partial charge in [0.1, 0.15) is 5.69 Å². The van der Waals surface area contributed by atoms with Gasteiger partial charge in [0.05, 0.1) is 0 Å². The highest BCUT2D eigenvalue weighted by Crippen LogP contribution is 2.19. The highest BCUT2D eigenvalue weighted by Gasteiger charge is 2.15. The molecule has 0 amide bonds. The van der Waals surface area contributed by atoms with Crippen LogP contribution in [0, 0.1) is 13.8 Å². The molecule has 0 saturated heterocycles. The maximum atomic E-state index is 5.38. The lowest BCUT2D eigenvalue weighted by atomic mass is 10.1. The topological polar surface area (TPSA) is 63.8 Å². The third kappa shape index (κ3) is 4.11. The predicted molar refractivity (Wildman–Crippen MR) is 83.1 cm³/mol. The second kappa shape index (κ2) is 7.31. The van der Waals surface area contributed by atoms with Crippen molar-refractivity contribution in [1.82, 2.24) is 20.4 Å². The summed E-state index contributed by atoms with van der Waals surface area (Å²) in [5.41, 5.74) is 3.00. The molecule has 0 fully saturated rings. The van der Waals surface area contributed by atoms with Crippen molar-refractivity contribution in [3.05, 3.63) is 29.3 Å². The van der Waals surface area contributed by atoms with Crippen molar-refractivity contribution < 1.29 is 4.52 Å². The molecule has 0 aliphatic rings. The van der Waals surface area contributed by atoms with E-state index < -0.39 is 0 Å². The minimum absolute atomic E-state index is 0.380. The van der Waals surface area contributed by atoms with E-state index in [-0.39, 0.29) is 0 Å². The van der Waals surface area contributed by atoms with Gasteiger partial charge in [-0.25, -0.2) is 0 Å². The lowest BCUT2D eigenvalue weighted by Gasteiger charge is -2.13. The highest BCUT2D eigenvalue weighted by atomic mass is 16.5. The molecule has 2 aromatic heterocycles. The van der Waals surface area contributed by atoms with Gasteiger partial charge in [-0.1, -0.05) is 25.1 Å². The number of hydrogen-bond acceptors (Lipinski definition) is 5. The Hall–Kier alpha value is -1.75. The van der Waals surface area contributed by atoms with Crippen LogP contribution in [0.2, 0.25) is 0 Å². The Balaban J connectivity index is 2.10. The molecule has 5 heteroatoms. The number of pyridine rings is 1. The first-order valence-electron chi connectivity index (χ1n) is 7.63. The van der Waals surface area contributed by atoms with Crippen molar-refractivity contribution >= 4 is 0 Å². The highest BCUT2D eigenvalue weighted by molar-refractivity contribution is 5.53. The van der Waals surface area contributed by atoms with Crippen molar-refractivity contribution in [2.24, 2.45) is 0 Å². The lowest BCUT2D eigenvalue weighted by Crippen LogP contribution is -2.31. The van der Waals surface area contributed by atoms with Crippen LogP contribution in [0.4, 0.5) is 0 Å². The number of aryl methyl sites for hydroxylation is 2. The molecule has 1 N–H and O–H groups in total. The van der Waals surface area contributed by atoms with E-state index in [1.165, 1.54) is 0 Å². The minimum Gasteiger partial charge on any atom is -0.339 e. The number of rotatable bonds is 7. The fourth-order valence-corrected chi connectivity index (χ4v) is 2.30. The third-order valence-electron chi connectivity index (χ3n) is 3.49. The molecule has 0 aliphatic heterocycles. The van der Waals surface area contributed by atoms with Crippen LogP contribution < -0.4 is 5.32 Å². The second-order valence-corrected chi connectivity index (χ2v) is 5.45. The van der Waals surface area contributed by atoms with Gasteiger partial charge in [0.15, 0.2) is 0 Å². The number of nitrogens with zero attached hydrogens (tertiary/aromatic N) is 3. The van der Waals surface area contributed by atoms with E-state index in [1.807, 2.05) is 20.0 Å². The first-order chi connectivity index (χ1) is 10.1.